The highest BCUT2D eigenvalue weighted by Crippen LogP contribution is 2.34. The van der Waals surface area contributed by atoms with Gasteiger partial charge in [0.2, 0.25) is 0 Å². The summed E-state index contributed by atoms with van der Waals surface area (Å²) in [6.07, 6.45) is 0.331. The topological polar surface area (TPSA) is 111 Å². The molecule has 0 aliphatic heterocycles. The van der Waals surface area contributed by atoms with E-state index in [1.54, 1.807) is 48.5 Å². The van der Waals surface area contributed by atoms with Crippen molar-refractivity contribution in [3.05, 3.63) is 101 Å². The van der Waals surface area contributed by atoms with Gasteiger partial charge in [-0.15, -0.1) is 0 Å². The van der Waals surface area contributed by atoms with E-state index in [0.29, 0.717) is 20.8 Å². The third kappa shape index (κ3) is 4.83. The third-order valence-electron chi connectivity index (χ3n) is 6.14. The summed E-state index contributed by atoms with van der Waals surface area (Å²) in [5.41, 5.74) is 0.0867. The van der Waals surface area contributed by atoms with Crippen LogP contribution in [-0.4, -0.2) is 23.2 Å². The fourth-order valence-electron chi connectivity index (χ4n) is 4.29. The molecule has 2 heterocycles. The summed E-state index contributed by atoms with van der Waals surface area (Å²) in [6, 6.07) is 13.9. The van der Waals surface area contributed by atoms with Crippen molar-refractivity contribution in [2.75, 3.05) is 4.31 Å². The van der Waals surface area contributed by atoms with Crippen molar-refractivity contribution in [1.29, 1.82) is 0 Å². The molecule has 8 nitrogen and oxygen atoms in total. The quantitative estimate of drug-likeness (QED) is 0.356. The molecule has 0 saturated carbocycles. The molecule has 5 aromatic rings. The van der Waals surface area contributed by atoms with Crippen molar-refractivity contribution >= 4 is 37.6 Å². The maximum Gasteiger partial charge on any atom is 0.416 e. The van der Waals surface area contributed by atoms with Gasteiger partial charge in [-0.25, -0.2) is 5.14 Å². The van der Waals surface area contributed by atoms with E-state index in [0.717, 1.165) is 11.6 Å². The Morgan fingerprint density at radius 1 is 0.974 bits per heavy atom. The Kier molecular flexibility index (Phi) is 6.16. The molecule has 5 rings (SSSR count). The van der Waals surface area contributed by atoms with E-state index in [-0.39, 0.29) is 22.0 Å². The number of fused-ring (bicyclic) bond motifs is 2. The standard InChI is InChI=1S/C26H20F3N5O3S/c1-33-14-19(13-32-33)18-10-22-24(31-12-18)9-7-16-6-8-20(11-21(16)25(22)35)34(38(30,36)37)15-17-4-2-3-5-23(17)26(27,28)29/h2-14H,15H2,1H3,(H2,30,36,37). The molecular weight excluding hydrogens is 519 g/mol. The number of nitrogens with two attached hydrogens (primary N) is 1. The summed E-state index contributed by atoms with van der Waals surface area (Å²) in [4.78, 5) is 18.0. The first-order chi connectivity index (χ1) is 17.9. The Morgan fingerprint density at radius 3 is 2.39 bits per heavy atom. The number of halogens is 3. The molecule has 0 spiro atoms. The molecule has 194 valence electrons. The highest BCUT2D eigenvalue weighted by atomic mass is 32.2. The van der Waals surface area contributed by atoms with Gasteiger partial charge in [0.15, 0.2) is 5.43 Å². The van der Waals surface area contributed by atoms with Gasteiger partial charge in [-0.2, -0.15) is 26.7 Å². The zero-order valence-corrected chi connectivity index (χ0v) is 20.7. The van der Waals surface area contributed by atoms with E-state index in [2.05, 4.69) is 10.1 Å². The summed E-state index contributed by atoms with van der Waals surface area (Å²) in [6.45, 7) is -0.680. The van der Waals surface area contributed by atoms with Crippen LogP contribution in [0.4, 0.5) is 18.9 Å². The summed E-state index contributed by atoms with van der Waals surface area (Å²) >= 11 is 0. The van der Waals surface area contributed by atoms with Gasteiger partial charge in [-0.3, -0.25) is 18.8 Å². The molecule has 12 heteroatoms. The van der Waals surface area contributed by atoms with Crippen molar-refractivity contribution < 1.29 is 21.6 Å². The zero-order valence-electron chi connectivity index (χ0n) is 19.8. The molecule has 0 bridgehead atoms. The second-order valence-electron chi connectivity index (χ2n) is 8.70. The molecule has 0 saturated heterocycles. The molecule has 0 unspecified atom stereocenters. The molecular formula is C26H20F3N5O3S. The molecule has 38 heavy (non-hydrogen) atoms. The van der Waals surface area contributed by atoms with Crippen molar-refractivity contribution in [3.8, 4) is 11.1 Å². The minimum absolute atomic E-state index is 0.0511. The second-order valence-corrected chi connectivity index (χ2v) is 10.2. The predicted octanol–water partition coefficient (Wildman–Crippen LogP) is 4.38. The molecule has 0 radical (unpaired) electrons. The first kappa shape index (κ1) is 25.4. The fourth-order valence-corrected chi connectivity index (χ4v) is 5.02. The van der Waals surface area contributed by atoms with Crippen molar-refractivity contribution in [2.45, 2.75) is 12.7 Å². The normalized spacial score (nSPS) is 12.2. The Labute approximate surface area is 214 Å². The monoisotopic (exact) mass is 539 g/mol. The van der Waals surface area contributed by atoms with E-state index in [1.165, 1.54) is 36.4 Å². The maximum absolute atomic E-state index is 13.6. The van der Waals surface area contributed by atoms with E-state index in [1.807, 2.05) is 0 Å². The van der Waals surface area contributed by atoms with E-state index in [4.69, 9.17) is 5.14 Å². The largest absolute Gasteiger partial charge is 0.416 e. The number of anilines is 1. The smallest absolute Gasteiger partial charge is 0.289 e. The molecule has 2 aromatic heterocycles. The van der Waals surface area contributed by atoms with Gasteiger partial charge in [0.05, 0.1) is 29.5 Å². The third-order valence-corrected chi connectivity index (χ3v) is 7.09. The molecule has 0 atom stereocenters. The maximum atomic E-state index is 13.6. The average molecular weight is 540 g/mol. The summed E-state index contributed by atoms with van der Waals surface area (Å²) in [7, 11) is -2.76. The zero-order chi connectivity index (χ0) is 27.2. The van der Waals surface area contributed by atoms with Gasteiger partial charge in [-0.05, 0) is 41.3 Å². The number of rotatable bonds is 5. The molecule has 0 aliphatic carbocycles. The van der Waals surface area contributed by atoms with Crippen LogP contribution in [0.5, 0.6) is 0 Å². The highest BCUT2D eigenvalue weighted by Gasteiger charge is 2.34. The van der Waals surface area contributed by atoms with E-state index in [9.17, 15) is 26.4 Å². The molecule has 0 aliphatic rings. The lowest BCUT2D eigenvalue weighted by Gasteiger charge is -2.24. The van der Waals surface area contributed by atoms with Crippen LogP contribution >= 0.6 is 0 Å². The number of nitrogens with zero attached hydrogens (tertiary/aromatic N) is 4. The van der Waals surface area contributed by atoms with Gasteiger partial charge in [0.25, 0.3) is 10.2 Å². The number of pyridine rings is 1. The summed E-state index contributed by atoms with van der Waals surface area (Å²) in [5, 5.41) is 10.5. The van der Waals surface area contributed by atoms with Crippen molar-refractivity contribution in [3.63, 3.8) is 0 Å². The first-order valence-electron chi connectivity index (χ1n) is 11.2. The number of benzene rings is 2. The Hall–Kier alpha value is -4.29. The molecule has 2 N–H and O–H groups in total. The number of hydrogen-bond donors (Lipinski definition) is 1. The van der Waals surface area contributed by atoms with Crippen LogP contribution in [0.1, 0.15) is 11.1 Å². The Morgan fingerprint density at radius 2 is 1.71 bits per heavy atom. The highest BCUT2D eigenvalue weighted by molar-refractivity contribution is 7.90. The van der Waals surface area contributed by atoms with Crippen LogP contribution in [-0.2, 0) is 30.0 Å². The first-order valence-corrected chi connectivity index (χ1v) is 12.7. The Balaban J connectivity index is 1.68. The number of aryl methyl sites for hydroxylation is 1. The van der Waals surface area contributed by atoms with Gasteiger partial charge < -0.3 is 0 Å². The van der Waals surface area contributed by atoms with E-state index >= 15 is 0 Å². The average Bonchev–Trinajstić information content (AvgIpc) is 3.25. The SMILES string of the molecule is Cn1cc(-c2cnc3ccc4ccc(N(Cc5ccccc5C(F)(F)F)S(N)(=O)=O)cc4c(=O)c3c2)cn1. The van der Waals surface area contributed by atoms with Gasteiger partial charge in [0, 0.05) is 41.3 Å². The van der Waals surface area contributed by atoms with Crippen LogP contribution in [0.15, 0.2) is 84.0 Å². The molecule has 0 amide bonds. The number of aromatic nitrogens is 3. The minimum Gasteiger partial charge on any atom is -0.289 e. The lowest BCUT2D eigenvalue weighted by atomic mass is 10.1. The van der Waals surface area contributed by atoms with Crippen LogP contribution < -0.4 is 14.9 Å². The van der Waals surface area contributed by atoms with Crippen molar-refractivity contribution in [2.24, 2.45) is 12.2 Å². The van der Waals surface area contributed by atoms with Gasteiger partial charge in [-0.1, -0.05) is 30.3 Å². The van der Waals surface area contributed by atoms with Crippen LogP contribution in [0.3, 0.4) is 0 Å². The molecule has 0 fully saturated rings. The fraction of sp³-hybridized carbons (Fsp3) is 0.115. The minimum atomic E-state index is -4.70. The second kappa shape index (κ2) is 9.23. The van der Waals surface area contributed by atoms with Crippen LogP contribution in [0.2, 0.25) is 0 Å². The lowest BCUT2D eigenvalue weighted by molar-refractivity contribution is -0.138. The Bertz CT molecular complexity index is 1870. The predicted molar refractivity (Wildman–Crippen MR) is 138 cm³/mol. The van der Waals surface area contributed by atoms with Gasteiger partial charge in [0.1, 0.15) is 0 Å². The van der Waals surface area contributed by atoms with Crippen molar-refractivity contribution in [1.82, 2.24) is 14.8 Å². The van der Waals surface area contributed by atoms with E-state index < -0.39 is 33.9 Å². The summed E-state index contributed by atoms with van der Waals surface area (Å²) in [5.74, 6) is 0. The number of hydrogen-bond acceptors (Lipinski definition) is 5. The van der Waals surface area contributed by atoms with Crippen LogP contribution in [0.25, 0.3) is 32.8 Å². The molecule has 3 aromatic carbocycles. The van der Waals surface area contributed by atoms with Gasteiger partial charge >= 0.3 is 6.18 Å². The number of alkyl halides is 3. The summed E-state index contributed by atoms with van der Waals surface area (Å²) < 4.78 is 68.0. The lowest BCUT2D eigenvalue weighted by Crippen LogP contribution is -2.36. The van der Waals surface area contributed by atoms with Crippen LogP contribution in [0, 0.1) is 0 Å².